The van der Waals surface area contributed by atoms with E-state index in [0.717, 1.165) is 0 Å². The number of fused-ring (bicyclic) bond motifs is 1. The molecule has 1 aromatic rings. The van der Waals surface area contributed by atoms with Crippen LogP contribution in [0.5, 0.6) is 0 Å². The first-order chi connectivity index (χ1) is 5.38. The number of halogens is 1. The fraction of sp³-hybridized carbons (Fsp3) is 0.111. The van der Waals surface area contributed by atoms with Gasteiger partial charge in [-0.15, -0.1) is 0 Å². The van der Waals surface area contributed by atoms with E-state index < -0.39 is 0 Å². The van der Waals surface area contributed by atoms with Gasteiger partial charge in [0, 0.05) is 0 Å². The Labute approximate surface area is 77.3 Å². The predicted molar refractivity (Wildman–Crippen MR) is 42.0 cm³/mol. The van der Waals surface area contributed by atoms with Crippen molar-refractivity contribution in [1.29, 1.82) is 0 Å². The number of rotatable bonds is 0. The van der Waals surface area contributed by atoms with Crippen molar-refractivity contribution in [3.63, 3.8) is 0 Å². The maximum atomic E-state index is 2.33. The number of nitrogens with one attached hydrogen (secondary N) is 1. The predicted octanol–water partition coefficient (Wildman–Crippen LogP) is -2.18. The number of quaternary nitrogens is 1. The zero-order chi connectivity index (χ0) is 7.68. The summed E-state index contributed by atoms with van der Waals surface area (Å²) in [7, 11) is 2.25. The topological polar surface area (TPSA) is 4.44 Å². The second-order valence-electron chi connectivity index (χ2n) is 2.52. The molecular formula is C9H10IN. The van der Waals surface area contributed by atoms with Crippen LogP contribution in [0.2, 0.25) is 0 Å². The van der Waals surface area contributed by atoms with E-state index in [1.807, 2.05) is 0 Å². The maximum absolute atomic E-state index is 2.33. The normalized spacial score (nSPS) is 22.1. The van der Waals surface area contributed by atoms with Crippen molar-refractivity contribution in [2.75, 3.05) is 7.05 Å². The molecule has 2 rings (SSSR count). The van der Waals surface area contributed by atoms with Crippen molar-refractivity contribution < 1.29 is 24.6 Å². The molecule has 0 aromatic heterocycles. The molecule has 2 heteroatoms. The molecule has 11 heavy (non-hydrogen) atoms. The molecular weight excluding hydrogens is 249 g/mol. The molecule has 0 saturated carbocycles. The van der Waals surface area contributed by atoms with Gasteiger partial charge in [0.1, 0.15) is 0 Å². The Hall–Kier alpha value is -0.350. The van der Waals surface area contributed by atoms with Crippen LogP contribution < -0.4 is 24.6 Å². The molecule has 0 fully saturated rings. The Morgan fingerprint density at radius 1 is 1.27 bits per heavy atom. The fourth-order valence-corrected chi connectivity index (χ4v) is 3.14. The molecule has 0 radical (unpaired) electrons. The third kappa shape index (κ3) is 1.32. The Kier molecular flexibility index (Phi) is 1.96. The summed E-state index contributed by atoms with van der Waals surface area (Å²) in [5.41, 5.74) is 2.85. The molecule has 1 N–H and O–H groups in total. The second-order valence-corrected chi connectivity index (χ2v) is 5.48. The number of para-hydroxylation sites is 1. The van der Waals surface area contributed by atoms with Gasteiger partial charge in [-0.1, -0.05) is 0 Å². The molecule has 1 atom stereocenters. The SMILES string of the molecule is C[NH+]1[I-]C=Cc2ccccc21. The van der Waals surface area contributed by atoms with Gasteiger partial charge in [0.05, 0.1) is 0 Å². The quantitative estimate of drug-likeness (QED) is 0.399. The Morgan fingerprint density at radius 2 is 2.09 bits per heavy atom. The zero-order valence-electron chi connectivity index (χ0n) is 6.34. The van der Waals surface area contributed by atoms with E-state index >= 15 is 0 Å². The average Bonchev–Trinajstić information content (AvgIpc) is 2.06. The molecule has 1 aliphatic rings. The molecule has 1 heterocycles. The monoisotopic (exact) mass is 259 g/mol. The first-order valence-electron chi connectivity index (χ1n) is 3.61. The molecule has 0 bridgehead atoms. The summed E-state index contributed by atoms with van der Waals surface area (Å²) in [5.74, 6) is 0. The van der Waals surface area contributed by atoms with Crippen LogP contribution in [0.4, 0.5) is 5.69 Å². The van der Waals surface area contributed by atoms with Crippen LogP contribution in [0, 0.1) is 0 Å². The van der Waals surface area contributed by atoms with E-state index in [-0.39, 0.29) is 21.5 Å². The van der Waals surface area contributed by atoms with Crippen molar-refractivity contribution in [3.05, 3.63) is 33.9 Å². The van der Waals surface area contributed by atoms with Crippen molar-refractivity contribution in [2.24, 2.45) is 0 Å². The van der Waals surface area contributed by atoms with E-state index in [1.54, 1.807) is 3.11 Å². The van der Waals surface area contributed by atoms with Crippen LogP contribution in [-0.4, -0.2) is 7.05 Å². The van der Waals surface area contributed by atoms with E-state index in [2.05, 4.69) is 41.5 Å². The van der Waals surface area contributed by atoms with Crippen LogP contribution in [0.25, 0.3) is 6.08 Å². The Balaban J connectivity index is 2.54. The van der Waals surface area contributed by atoms with Gasteiger partial charge in [0.15, 0.2) is 0 Å². The average molecular weight is 259 g/mol. The Bertz CT molecular complexity index is 293. The van der Waals surface area contributed by atoms with Gasteiger partial charge in [-0.05, 0) is 0 Å². The third-order valence-electron chi connectivity index (χ3n) is 1.80. The van der Waals surface area contributed by atoms with E-state index in [1.165, 1.54) is 11.3 Å². The molecule has 0 amide bonds. The van der Waals surface area contributed by atoms with Gasteiger partial charge in [-0.25, -0.2) is 0 Å². The summed E-state index contributed by atoms with van der Waals surface area (Å²) in [4.78, 5) is 0. The summed E-state index contributed by atoms with van der Waals surface area (Å²) >= 11 is 0.199. The molecule has 1 unspecified atom stereocenters. The molecule has 1 aromatic carbocycles. The first-order valence-corrected chi connectivity index (χ1v) is 5.93. The fourth-order valence-electron chi connectivity index (χ4n) is 1.21. The minimum absolute atomic E-state index is 0.199. The van der Waals surface area contributed by atoms with Crippen LogP contribution in [0.1, 0.15) is 5.56 Å². The number of benzene rings is 1. The molecule has 1 aliphatic heterocycles. The van der Waals surface area contributed by atoms with E-state index in [9.17, 15) is 0 Å². The molecule has 58 valence electrons. The second kappa shape index (κ2) is 2.95. The van der Waals surface area contributed by atoms with Gasteiger partial charge in [-0.3, -0.25) is 0 Å². The zero-order valence-corrected chi connectivity index (χ0v) is 8.50. The Morgan fingerprint density at radius 3 is 2.91 bits per heavy atom. The van der Waals surface area contributed by atoms with Crippen molar-refractivity contribution >= 4 is 11.8 Å². The number of hydrogen-bond acceptors (Lipinski definition) is 0. The van der Waals surface area contributed by atoms with Gasteiger partial charge >= 0.3 is 77.3 Å². The summed E-state index contributed by atoms with van der Waals surface area (Å²) in [6, 6.07) is 8.61. The van der Waals surface area contributed by atoms with Crippen molar-refractivity contribution in [3.8, 4) is 0 Å². The molecule has 0 aliphatic carbocycles. The van der Waals surface area contributed by atoms with Crippen LogP contribution in [0.3, 0.4) is 0 Å². The number of hydrogen-bond donors (Lipinski definition) is 1. The van der Waals surface area contributed by atoms with Gasteiger partial charge < -0.3 is 0 Å². The van der Waals surface area contributed by atoms with Gasteiger partial charge in [0.2, 0.25) is 0 Å². The van der Waals surface area contributed by atoms with Crippen LogP contribution in [-0.2, 0) is 0 Å². The van der Waals surface area contributed by atoms with Gasteiger partial charge in [0.25, 0.3) is 0 Å². The van der Waals surface area contributed by atoms with Crippen LogP contribution in [0.15, 0.2) is 28.3 Å². The first kappa shape index (κ1) is 7.31. The molecule has 0 saturated heterocycles. The molecule has 1 nitrogen and oxygen atoms in total. The minimum atomic E-state index is 0.199. The van der Waals surface area contributed by atoms with Crippen LogP contribution >= 0.6 is 0 Å². The summed E-state index contributed by atoms with van der Waals surface area (Å²) < 4.78 is 3.92. The third-order valence-corrected chi connectivity index (χ3v) is 4.04. The van der Waals surface area contributed by atoms with Crippen molar-refractivity contribution in [2.45, 2.75) is 0 Å². The molecule has 0 spiro atoms. The summed E-state index contributed by atoms with van der Waals surface area (Å²) in [5, 5.41) is 0. The summed E-state index contributed by atoms with van der Waals surface area (Å²) in [6.45, 7) is 0. The van der Waals surface area contributed by atoms with Crippen molar-refractivity contribution in [1.82, 2.24) is 0 Å². The van der Waals surface area contributed by atoms with Gasteiger partial charge in [-0.2, -0.15) is 0 Å². The van der Waals surface area contributed by atoms with E-state index in [0.29, 0.717) is 0 Å². The summed E-state index contributed by atoms with van der Waals surface area (Å²) in [6.07, 6.45) is 2.25. The standard InChI is InChI=1S/C9H10IN/c1-11-9-5-3-2-4-8(9)6-7-10-11/h2-7,11H,1H3. The van der Waals surface area contributed by atoms with E-state index in [4.69, 9.17) is 0 Å².